The van der Waals surface area contributed by atoms with E-state index in [-0.39, 0.29) is 18.8 Å². The van der Waals surface area contributed by atoms with Crippen molar-refractivity contribution in [1.29, 1.82) is 0 Å². The molecular formula is C20H15F3O4. The maximum Gasteiger partial charge on any atom is 0.416 e. The molecule has 4 nitrogen and oxygen atoms in total. The Bertz CT molecular complexity index is 950. The SMILES string of the molecule is O=C(O)CCOc1cccc2c(Oc3ccc(C(F)(F)F)cc3)cccc12. The van der Waals surface area contributed by atoms with Crippen molar-refractivity contribution in [2.24, 2.45) is 0 Å². The lowest BCUT2D eigenvalue weighted by molar-refractivity contribution is -0.138. The van der Waals surface area contributed by atoms with Crippen LogP contribution in [0, 0.1) is 0 Å². The third-order valence-corrected chi connectivity index (χ3v) is 3.83. The van der Waals surface area contributed by atoms with E-state index in [9.17, 15) is 18.0 Å². The van der Waals surface area contributed by atoms with Crippen LogP contribution in [0.5, 0.6) is 17.2 Å². The van der Waals surface area contributed by atoms with Crippen LogP contribution in [0.2, 0.25) is 0 Å². The first-order valence-corrected chi connectivity index (χ1v) is 8.06. The van der Waals surface area contributed by atoms with Gasteiger partial charge in [0.1, 0.15) is 17.2 Å². The molecule has 0 bridgehead atoms. The maximum absolute atomic E-state index is 12.7. The lowest BCUT2D eigenvalue weighted by Crippen LogP contribution is -2.05. The predicted molar refractivity (Wildman–Crippen MR) is 93.2 cm³/mol. The Balaban J connectivity index is 1.86. The summed E-state index contributed by atoms with van der Waals surface area (Å²) in [7, 11) is 0. The number of benzene rings is 3. The van der Waals surface area contributed by atoms with Crippen molar-refractivity contribution in [2.45, 2.75) is 12.6 Å². The first kappa shape index (κ1) is 18.6. The van der Waals surface area contributed by atoms with Gasteiger partial charge in [-0.2, -0.15) is 13.2 Å². The molecule has 0 heterocycles. The van der Waals surface area contributed by atoms with Crippen LogP contribution >= 0.6 is 0 Å². The number of halogens is 3. The molecule has 0 spiro atoms. The molecule has 0 unspecified atom stereocenters. The number of hydrogen-bond donors (Lipinski definition) is 1. The molecule has 27 heavy (non-hydrogen) atoms. The Morgan fingerprint density at radius 2 is 1.48 bits per heavy atom. The molecule has 0 aromatic heterocycles. The fourth-order valence-corrected chi connectivity index (χ4v) is 2.55. The third-order valence-electron chi connectivity index (χ3n) is 3.83. The van der Waals surface area contributed by atoms with E-state index in [1.54, 1.807) is 36.4 Å². The van der Waals surface area contributed by atoms with Gasteiger partial charge in [-0.25, -0.2) is 0 Å². The van der Waals surface area contributed by atoms with Crippen LogP contribution < -0.4 is 9.47 Å². The van der Waals surface area contributed by atoms with Crippen LogP contribution in [-0.2, 0) is 11.0 Å². The molecule has 0 aliphatic rings. The topological polar surface area (TPSA) is 55.8 Å². The molecule has 0 saturated heterocycles. The minimum atomic E-state index is -4.40. The van der Waals surface area contributed by atoms with Crippen molar-refractivity contribution in [3.05, 3.63) is 66.2 Å². The zero-order chi connectivity index (χ0) is 19.4. The smallest absolute Gasteiger partial charge is 0.416 e. The Labute approximate surface area is 152 Å². The monoisotopic (exact) mass is 376 g/mol. The maximum atomic E-state index is 12.7. The van der Waals surface area contributed by atoms with Crippen molar-refractivity contribution in [2.75, 3.05) is 6.61 Å². The second-order valence-corrected chi connectivity index (χ2v) is 5.72. The van der Waals surface area contributed by atoms with Gasteiger partial charge in [-0.1, -0.05) is 24.3 Å². The molecule has 0 aliphatic carbocycles. The largest absolute Gasteiger partial charge is 0.492 e. The highest BCUT2D eigenvalue weighted by Gasteiger charge is 2.30. The fourth-order valence-electron chi connectivity index (χ4n) is 2.55. The summed E-state index contributed by atoms with van der Waals surface area (Å²) in [6.45, 7) is 0.0262. The molecule has 3 aromatic carbocycles. The summed E-state index contributed by atoms with van der Waals surface area (Å²) in [5.41, 5.74) is -0.748. The van der Waals surface area contributed by atoms with Crippen LogP contribution in [0.25, 0.3) is 10.8 Å². The number of hydrogen-bond acceptors (Lipinski definition) is 3. The normalized spacial score (nSPS) is 11.4. The number of alkyl halides is 3. The van der Waals surface area contributed by atoms with Crippen molar-refractivity contribution >= 4 is 16.7 Å². The number of aliphatic carboxylic acids is 1. The summed E-state index contributed by atoms with van der Waals surface area (Å²) in [6, 6.07) is 14.9. The number of carbonyl (C=O) groups is 1. The van der Waals surface area contributed by atoms with Crippen molar-refractivity contribution in [3.8, 4) is 17.2 Å². The standard InChI is InChI=1S/C20H15F3O4/c21-20(22,23)13-7-9-14(10-8-13)27-18-6-2-3-15-16(18)4-1-5-17(15)26-12-11-19(24)25/h1-10H,11-12H2,(H,24,25). The van der Waals surface area contributed by atoms with Gasteiger partial charge in [-0.05, 0) is 36.4 Å². The van der Waals surface area contributed by atoms with E-state index in [0.717, 1.165) is 12.1 Å². The average Bonchev–Trinajstić information content (AvgIpc) is 2.62. The predicted octanol–water partition coefficient (Wildman–Crippen LogP) is 5.50. The lowest BCUT2D eigenvalue weighted by Gasteiger charge is -2.13. The number of carboxylic acid groups (broad SMARTS) is 1. The van der Waals surface area contributed by atoms with E-state index < -0.39 is 17.7 Å². The quantitative estimate of drug-likeness (QED) is 0.617. The molecular weight excluding hydrogens is 361 g/mol. The first-order valence-electron chi connectivity index (χ1n) is 8.06. The van der Waals surface area contributed by atoms with Crippen LogP contribution in [0.1, 0.15) is 12.0 Å². The molecule has 1 N–H and O–H groups in total. The number of fused-ring (bicyclic) bond motifs is 1. The zero-order valence-corrected chi connectivity index (χ0v) is 14.0. The molecule has 3 rings (SSSR count). The molecule has 0 fully saturated rings. The molecule has 140 valence electrons. The van der Waals surface area contributed by atoms with Crippen molar-refractivity contribution < 1.29 is 32.5 Å². The van der Waals surface area contributed by atoms with E-state index in [4.69, 9.17) is 14.6 Å². The molecule has 0 radical (unpaired) electrons. The average molecular weight is 376 g/mol. The molecule has 3 aromatic rings. The fraction of sp³-hybridized carbons (Fsp3) is 0.150. The molecule has 0 atom stereocenters. The second kappa shape index (κ2) is 7.57. The molecule has 7 heteroatoms. The van der Waals surface area contributed by atoms with Gasteiger partial charge in [-0.3, -0.25) is 4.79 Å². The van der Waals surface area contributed by atoms with Crippen LogP contribution in [-0.4, -0.2) is 17.7 Å². The van der Waals surface area contributed by atoms with Gasteiger partial charge in [0.2, 0.25) is 0 Å². The van der Waals surface area contributed by atoms with Gasteiger partial charge in [0.25, 0.3) is 0 Å². The Hall–Kier alpha value is -3.22. The third kappa shape index (κ3) is 4.49. The summed E-state index contributed by atoms with van der Waals surface area (Å²) in [5, 5.41) is 10.1. The number of carboxylic acids is 1. The van der Waals surface area contributed by atoms with E-state index in [2.05, 4.69) is 0 Å². The van der Waals surface area contributed by atoms with Crippen LogP contribution in [0.15, 0.2) is 60.7 Å². The highest BCUT2D eigenvalue weighted by Crippen LogP contribution is 2.36. The van der Waals surface area contributed by atoms with E-state index in [1.165, 1.54) is 12.1 Å². The van der Waals surface area contributed by atoms with Gasteiger partial charge in [-0.15, -0.1) is 0 Å². The van der Waals surface area contributed by atoms with Gasteiger partial charge >= 0.3 is 12.1 Å². The van der Waals surface area contributed by atoms with Crippen LogP contribution in [0.3, 0.4) is 0 Å². The first-order chi connectivity index (χ1) is 12.8. The zero-order valence-electron chi connectivity index (χ0n) is 14.0. The minimum absolute atomic E-state index is 0.0262. The summed E-state index contributed by atoms with van der Waals surface area (Å²) in [4.78, 5) is 10.6. The summed E-state index contributed by atoms with van der Waals surface area (Å²) in [5.74, 6) is 0.275. The minimum Gasteiger partial charge on any atom is -0.492 e. The highest BCUT2D eigenvalue weighted by molar-refractivity contribution is 5.93. The van der Waals surface area contributed by atoms with Crippen molar-refractivity contribution in [3.63, 3.8) is 0 Å². The van der Waals surface area contributed by atoms with E-state index in [0.29, 0.717) is 22.3 Å². The number of ether oxygens (including phenoxy) is 2. The summed E-state index contributed by atoms with van der Waals surface area (Å²) < 4.78 is 49.2. The van der Waals surface area contributed by atoms with Crippen molar-refractivity contribution in [1.82, 2.24) is 0 Å². The Morgan fingerprint density at radius 3 is 2.07 bits per heavy atom. The molecule has 0 aliphatic heterocycles. The number of rotatable bonds is 6. The van der Waals surface area contributed by atoms with E-state index in [1.807, 2.05) is 0 Å². The van der Waals surface area contributed by atoms with Gasteiger partial charge in [0.15, 0.2) is 0 Å². The summed E-state index contributed by atoms with van der Waals surface area (Å²) >= 11 is 0. The van der Waals surface area contributed by atoms with Gasteiger partial charge in [0.05, 0.1) is 18.6 Å². The highest BCUT2D eigenvalue weighted by atomic mass is 19.4. The van der Waals surface area contributed by atoms with E-state index >= 15 is 0 Å². The lowest BCUT2D eigenvalue weighted by atomic mass is 10.1. The Kier molecular flexibility index (Phi) is 5.21. The summed E-state index contributed by atoms with van der Waals surface area (Å²) in [6.07, 6.45) is -4.53. The molecule has 0 amide bonds. The Morgan fingerprint density at radius 1 is 0.889 bits per heavy atom. The second-order valence-electron chi connectivity index (χ2n) is 5.72. The molecule has 0 saturated carbocycles. The van der Waals surface area contributed by atoms with Gasteiger partial charge < -0.3 is 14.6 Å². The van der Waals surface area contributed by atoms with Crippen LogP contribution in [0.4, 0.5) is 13.2 Å². The van der Waals surface area contributed by atoms with Gasteiger partial charge in [0, 0.05) is 10.8 Å².